The van der Waals surface area contributed by atoms with Crippen molar-refractivity contribution < 1.29 is 52.4 Å². The molecule has 0 N–H and O–H groups in total. The maximum atomic E-state index is 9.49. The first-order valence-corrected chi connectivity index (χ1v) is 32.3. The Balaban J connectivity index is 0.000000131. The summed E-state index contributed by atoms with van der Waals surface area (Å²) in [5.74, 6) is 0. The Morgan fingerprint density at radius 2 is 0.710 bits per heavy atom. The molecule has 0 unspecified atom stereocenters. The molecule has 16 aromatic rings. The van der Waals surface area contributed by atoms with E-state index in [9.17, 15) is 5.26 Å². The van der Waals surface area contributed by atoms with Crippen LogP contribution in [0.15, 0.2) is 188 Å². The minimum atomic E-state index is -2.16. The van der Waals surface area contributed by atoms with E-state index < -0.39 is 27.4 Å². The molecule has 0 aliphatic rings. The fourth-order valence-electron chi connectivity index (χ4n) is 13.4. The largest absolute Gasteiger partial charge is 0.466 e. The van der Waals surface area contributed by atoms with Gasteiger partial charge in [0.1, 0.15) is 72.9 Å². The molecule has 8 aromatic heterocycles. The topological polar surface area (TPSA) is 105 Å². The summed E-state index contributed by atoms with van der Waals surface area (Å²) in [6.45, 7) is 28.6. The lowest BCUT2D eigenvalue weighted by Gasteiger charge is -2.08. The molecule has 0 bridgehead atoms. The maximum absolute atomic E-state index is 9.49. The minimum Gasteiger partial charge on any atom is -0.466 e. The number of aromatic nitrogens is 4. The Kier molecular flexibility index (Phi) is 13.8. The molecule has 100 heavy (non-hydrogen) atoms. The number of benzene rings is 8. The lowest BCUT2D eigenvalue weighted by molar-refractivity contribution is -0.667. The van der Waals surface area contributed by atoms with Crippen molar-refractivity contribution in [3.63, 3.8) is 0 Å². The lowest BCUT2D eigenvalue weighted by atomic mass is 9.98. The lowest BCUT2D eigenvalue weighted by Crippen LogP contribution is -2.35. The van der Waals surface area contributed by atoms with E-state index in [2.05, 4.69) is 20.6 Å². The van der Waals surface area contributed by atoms with Crippen LogP contribution in [-0.4, -0.2) is 0 Å². The van der Waals surface area contributed by atoms with E-state index in [0.29, 0.717) is 95.6 Å². The predicted octanol–water partition coefficient (Wildman–Crippen LogP) is 21.5. The predicted molar refractivity (Wildman–Crippen MR) is 402 cm³/mol. The highest BCUT2D eigenvalue weighted by Crippen LogP contribution is 2.44. The molecule has 8 aromatic carbocycles. The maximum Gasteiger partial charge on any atom is 0.229 e. The number of fused-ring (bicyclic) bond motifs is 12. The molecule has 12 nitrogen and oxygen atoms in total. The van der Waals surface area contributed by atoms with Gasteiger partial charge >= 0.3 is 0 Å². The second-order valence-electron chi connectivity index (χ2n) is 25.2. The van der Waals surface area contributed by atoms with Gasteiger partial charge in [-0.2, -0.15) is 23.5 Å². The van der Waals surface area contributed by atoms with Crippen LogP contribution in [0.3, 0.4) is 0 Å². The van der Waals surface area contributed by atoms with Gasteiger partial charge in [-0.05, 0) is 132 Å². The second-order valence-corrected chi connectivity index (χ2v) is 25.2. The molecular formula is C88H76N8O4+4. The van der Waals surface area contributed by atoms with Gasteiger partial charge in [0.15, 0.2) is 34.2 Å². The SMILES string of the molecule is [2H]C([2H])([2H])c1ccc(-c2c(C)ccc3c2oc2c([N+]#[C-])cccc23)[n+](C)c1C.[2H]C([2H])([2H])c1ccc(-c2c(C)ccc3c2oc2cc([N+]#[C-])ccc23)[n+](C)c1C.[2H]C([2H])([2H])c1ccc(-c2c(C)ccc3c2oc2ccc([N+]#[C-])cc23)[n+](C)c1C.[2H]C([2H])([2H])c1ccc(-c2c(C)ccc3c2oc2cccc(C#N)c23)[n+](C)c1C. The molecule has 16 rings (SSSR count). The van der Waals surface area contributed by atoms with Crippen molar-refractivity contribution in [1.29, 1.82) is 5.26 Å². The van der Waals surface area contributed by atoms with Crippen LogP contribution < -0.4 is 18.3 Å². The molecule has 0 saturated heterocycles. The van der Waals surface area contributed by atoms with Gasteiger partial charge in [-0.1, -0.05) is 91.0 Å². The average Bonchev–Trinajstić information content (AvgIpc) is 1.57. The monoisotopic (exact) mass is 1320 g/mol. The Morgan fingerprint density at radius 1 is 0.340 bits per heavy atom. The van der Waals surface area contributed by atoms with Crippen LogP contribution in [0.25, 0.3) is 147 Å². The number of nitrogens with zero attached hydrogens (tertiary/aromatic N) is 8. The van der Waals surface area contributed by atoms with Crippen molar-refractivity contribution in [2.45, 2.75) is 82.8 Å². The van der Waals surface area contributed by atoms with E-state index >= 15 is 0 Å². The zero-order valence-corrected chi connectivity index (χ0v) is 57.4. The van der Waals surface area contributed by atoms with Gasteiger partial charge < -0.3 is 17.7 Å². The highest BCUT2D eigenvalue weighted by atomic mass is 16.3. The number of aryl methyl sites for hydroxylation is 8. The molecular weight excluding hydrogens is 1230 g/mol. The van der Waals surface area contributed by atoms with Crippen LogP contribution >= 0.6 is 0 Å². The van der Waals surface area contributed by atoms with Crippen molar-refractivity contribution in [2.75, 3.05) is 0 Å². The third kappa shape index (κ3) is 11.2. The van der Waals surface area contributed by atoms with Crippen LogP contribution in [0.2, 0.25) is 0 Å². The number of pyridine rings is 4. The highest BCUT2D eigenvalue weighted by Gasteiger charge is 2.28. The van der Waals surface area contributed by atoms with Gasteiger partial charge in [-0.15, -0.1) is 0 Å². The summed E-state index contributed by atoms with van der Waals surface area (Å²) in [6.07, 6.45) is 0. The van der Waals surface area contributed by atoms with Crippen LogP contribution in [0.5, 0.6) is 0 Å². The standard InChI is InChI=1S/4C22H19N2O/c1-13-7-11-19(24(5)15(13)3)21-14(2)6-9-18-17-10-8-16(23-4)12-20(17)25-22(18)21;1-13-7-10-19(24(5)15(13)3)21-14(2)6-9-17-18-12-16(23-4)8-11-20(18)25-22(17)21;1-13-10-12-19(24(5)15(13)3)20-14(2)9-11-17-16-7-6-8-18(23-4)21(16)25-22(17)20;1-13-9-11-18(24(4)15(13)3)20-14(2)8-10-17-21-16(12-23)6-5-7-19(21)25-22(17)20/h3*6-12H,1-3,5H3;5-11H,1-4H3/q4*+1/i4*1D3. The average molecular weight is 1320 g/mol. The number of nitriles is 1. The van der Waals surface area contributed by atoms with Gasteiger partial charge in [-0.3, -0.25) is 0 Å². The van der Waals surface area contributed by atoms with E-state index in [1.165, 1.54) is 0 Å². The molecule has 0 amide bonds. The van der Waals surface area contributed by atoms with Crippen molar-refractivity contribution >= 4 is 105 Å². The van der Waals surface area contributed by atoms with Gasteiger partial charge in [0.2, 0.25) is 28.5 Å². The first-order chi connectivity index (χ1) is 52.9. The summed E-state index contributed by atoms with van der Waals surface area (Å²) >= 11 is 0. The molecule has 488 valence electrons. The van der Waals surface area contributed by atoms with Gasteiger partial charge in [0, 0.05) is 134 Å². The fraction of sp³-hybridized carbons (Fsp3) is 0.182. The van der Waals surface area contributed by atoms with Crippen molar-refractivity contribution in [1.82, 2.24) is 0 Å². The normalized spacial score (nSPS) is 13.4. The van der Waals surface area contributed by atoms with Crippen LogP contribution in [0, 0.1) is 114 Å². The van der Waals surface area contributed by atoms with Gasteiger partial charge in [0.05, 0.1) is 53.6 Å². The summed E-state index contributed by atoms with van der Waals surface area (Å²) in [6, 6.07) is 54.3. The Morgan fingerprint density at radius 3 is 1.17 bits per heavy atom. The molecule has 0 saturated carbocycles. The van der Waals surface area contributed by atoms with Crippen LogP contribution in [-0.2, 0) is 28.2 Å². The smallest absolute Gasteiger partial charge is 0.229 e. The number of hydrogen-bond acceptors (Lipinski definition) is 5. The van der Waals surface area contributed by atoms with Gasteiger partial charge in [-0.25, -0.2) is 14.5 Å². The van der Waals surface area contributed by atoms with Crippen LogP contribution in [0.4, 0.5) is 17.1 Å². The van der Waals surface area contributed by atoms with Crippen molar-refractivity contribution in [2.24, 2.45) is 28.2 Å². The van der Waals surface area contributed by atoms with E-state index in [1.54, 1.807) is 54.6 Å². The number of rotatable bonds is 4. The molecule has 12 heteroatoms. The molecule has 0 radical (unpaired) electrons. The Hall–Kier alpha value is -12.5. The highest BCUT2D eigenvalue weighted by molar-refractivity contribution is 6.15. The number of hydrogen-bond donors (Lipinski definition) is 0. The Bertz CT molecular complexity index is 6620. The van der Waals surface area contributed by atoms with E-state index in [4.69, 9.17) is 53.8 Å². The first kappa shape index (κ1) is 52.7. The zero-order valence-electron chi connectivity index (χ0n) is 69.4. The second kappa shape index (κ2) is 26.2. The van der Waals surface area contributed by atoms with Crippen LogP contribution in [0.1, 0.15) is 89.3 Å². The summed E-state index contributed by atoms with van der Waals surface area (Å²) in [7, 11) is 7.47. The third-order valence-electron chi connectivity index (χ3n) is 19.6. The third-order valence-corrected chi connectivity index (χ3v) is 19.6. The van der Waals surface area contributed by atoms with E-state index in [1.807, 2.05) is 217 Å². The zero-order chi connectivity index (χ0) is 80.9. The van der Waals surface area contributed by atoms with Crippen molar-refractivity contribution in [3.05, 3.63) is 277 Å². The summed E-state index contributed by atoms with van der Waals surface area (Å²) < 4.78 is 125. The molecule has 0 aliphatic carbocycles. The van der Waals surface area contributed by atoms with Gasteiger partial charge in [0.25, 0.3) is 0 Å². The van der Waals surface area contributed by atoms with E-state index in [-0.39, 0.29) is 0 Å². The summed E-state index contributed by atoms with van der Waals surface area (Å²) in [4.78, 5) is 10.6. The summed E-state index contributed by atoms with van der Waals surface area (Å²) in [5, 5.41) is 16.8. The first-order valence-electron chi connectivity index (χ1n) is 38.3. The fourth-order valence-corrected chi connectivity index (χ4v) is 13.4. The molecule has 0 aliphatic heterocycles. The molecule has 0 fully saturated rings. The molecule has 0 spiro atoms. The summed E-state index contributed by atoms with van der Waals surface area (Å²) in [5.41, 5.74) is 23.1. The minimum absolute atomic E-state index is 0.333. The Labute approximate surface area is 599 Å². The van der Waals surface area contributed by atoms with E-state index in [0.717, 1.165) is 127 Å². The number of furan rings is 4. The molecule has 0 atom stereocenters. The number of para-hydroxylation sites is 1. The quantitative estimate of drug-likeness (QED) is 0.129. The van der Waals surface area contributed by atoms with Crippen molar-refractivity contribution in [3.8, 4) is 51.1 Å². The molecule has 8 heterocycles.